The highest BCUT2D eigenvalue weighted by molar-refractivity contribution is 6.33. The molecule has 0 saturated heterocycles. The molecule has 0 aliphatic heterocycles. The van der Waals surface area contributed by atoms with Crippen LogP contribution in [-0.4, -0.2) is 55.4 Å². The van der Waals surface area contributed by atoms with Gasteiger partial charge in [-0.3, -0.25) is 9.69 Å². The van der Waals surface area contributed by atoms with Crippen LogP contribution in [-0.2, 0) is 9.53 Å². The first-order valence-corrected chi connectivity index (χ1v) is 6.76. The number of para-hydroxylation sites is 1. The fourth-order valence-corrected chi connectivity index (χ4v) is 1.92. The van der Waals surface area contributed by atoms with Gasteiger partial charge in [0, 0.05) is 13.7 Å². The smallest absolute Gasteiger partial charge is 0.241 e. The summed E-state index contributed by atoms with van der Waals surface area (Å²) in [6.45, 7) is 2.36. The van der Waals surface area contributed by atoms with E-state index >= 15 is 0 Å². The van der Waals surface area contributed by atoms with E-state index in [1.807, 2.05) is 0 Å². The van der Waals surface area contributed by atoms with E-state index < -0.39 is 12.1 Å². The number of methoxy groups -OCH3 is 1. The highest BCUT2D eigenvalue weighted by Crippen LogP contribution is 2.20. The van der Waals surface area contributed by atoms with Crippen molar-refractivity contribution in [1.29, 1.82) is 0 Å². The number of carbonyl (C=O) groups excluding carboxylic acids is 1. The number of aliphatic hydroxyl groups is 1. The van der Waals surface area contributed by atoms with Crippen LogP contribution in [0.25, 0.3) is 0 Å². The number of anilines is 1. The molecule has 2 N–H and O–H groups in total. The minimum Gasteiger partial charge on any atom is -0.389 e. The van der Waals surface area contributed by atoms with Gasteiger partial charge >= 0.3 is 0 Å². The Labute approximate surface area is 124 Å². The van der Waals surface area contributed by atoms with Crippen LogP contribution in [0.2, 0.25) is 5.02 Å². The number of hydrogen-bond donors (Lipinski definition) is 2. The molecule has 1 rings (SSSR count). The highest BCUT2D eigenvalue weighted by Gasteiger charge is 2.20. The normalized spacial score (nSPS) is 14.1. The van der Waals surface area contributed by atoms with Crippen LogP contribution < -0.4 is 5.32 Å². The number of hydrogen-bond acceptors (Lipinski definition) is 4. The number of nitrogens with one attached hydrogen (secondary N) is 1. The van der Waals surface area contributed by atoms with Gasteiger partial charge in [-0.25, -0.2) is 0 Å². The van der Waals surface area contributed by atoms with E-state index in [0.29, 0.717) is 17.3 Å². The van der Waals surface area contributed by atoms with Crippen LogP contribution in [0.3, 0.4) is 0 Å². The van der Waals surface area contributed by atoms with Gasteiger partial charge in [0.05, 0.1) is 29.5 Å². The van der Waals surface area contributed by atoms with Crippen molar-refractivity contribution in [2.45, 2.75) is 19.1 Å². The molecule has 0 fully saturated rings. The molecular weight excluding hydrogens is 280 g/mol. The summed E-state index contributed by atoms with van der Waals surface area (Å²) in [7, 11) is 3.30. The average Bonchev–Trinajstić information content (AvgIpc) is 2.40. The third-order valence-corrected chi connectivity index (χ3v) is 3.36. The molecule has 0 unspecified atom stereocenters. The molecule has 1 aromatic rings. The molecule has 20 heavy (non-hydrogen) atoms. The Kier molecular flexibility index (Phi) is 6.95. The summed E-state index contributed by atoms with van der Waals surface area (Å²) >= 11 is 5.99. The Balaban J connectivity index is 2.56. The van der Waals surface area contributed by atoms with Gasteiger partial charge < -0.3 is 15.2 Å². The number of likely N-dealkylation sites (N-methyl/N-ethyl adjacent to an activating group) is 1. The summed E-state index contributed by atoms with van der Waals surface area (Å²) in [4.78, 5) is 13.9. The van der Waals surface area contributed by atoms with Crippen molar-refractivity contribution in [3.8, 4) is 0 Å². The molecule has 6 heteroatoms. The number of amides is 1. The van der Waals surface area contributed by atoms with Crippen LogP contribution in [0.5, 0.6) is 0 Å². The maximum absolute atomic E-state index is 12.1. The van der Waals surface area contributed by atoms with Crippen LogP contribution in [0.4, 0.5) is 5.69 Å². The van der Waals surface area contributed by atoms with Gasteiger partial charge in [-0.05, 0) is 26.1 Å². The number of benzene rings is 1. The van der Waals surface area contributed by atoms with E-state index in [2.05, 4.69) is 5.32 Å². The van der Waals surface area contributed by atoms with Crippen molar-refractivity contribution >= 4 is 23.2 Å². The van der Waals surface area contributed by atoms with Crippen molar-refractivity contribution in [1.82, 2.24) is 4.90 Å². The predicted octanol–water partition coefficient (Wildman–Crippen LogP) is 1.61. The molecule has 0 saturated carbocycles. The van der Waals surface area contributed by atoms with Gasteiger partial charge in [-0.15, -0.1) is 0 Å². The van der Waals surface area contributed by atoms with Crippen molar-refractivity contribution in [3.63, 3.8) is 0 Å². The Bertz CT molecular complexity index is 442. The monoisotopic (exact) mass is 300 g/mol. The fourth-order valence-electron chi connectivity index (χ4n) is 1.74. The van der Waals surface area contributed by atoms with Gasteiger partial charge in [0.15, 0.2) is 0 Å². The lowest BCUT2D eigenvalue weighted by Gasteiger charge is -2.26. The predicted molar refractivity (Wildman–Crippen MR) is 80.1 cm³/mol. The summed E-state index contributed by atoms with van der Waals surface area (Å²) in [6.07, 6.45) is -0.624. The molecule has 1 aromatic carbocycles. The van der Waals surface area contributed by atoms with Crippen molar-refractivity contribution in [2.24, 2.45) is 0 Å². The van der Waals surface area contributed by atoms with Gasteiger partial charge in [0.1, 0.15) is 0 Å². The molecule has 0 bridgehead atoms. The van der Waals surface area contributed by atoms with Crippen LogP contribution in [0.1, 0.15) is 6.92 Å². The second-order valence-corrected chi connectivity index (χ2v) is 5.10. The topological polar surface area (TPSA) is 61.8 Å². The minimum atomic E-state index is -0.624. The van der Waals surface area contributed by atoms with Crippen molar-refractivity contribution in [3.05, 3.63) is 29.3 Å². The van der Waals surface area contributed by atoms with Crippen LogP contribution in [0.15, 0.2) is 24.3 Å². The number of aliphatic hydroxyl groups excluding tert-OH is 1. The Morgan fingerprint density at radius 3 is 2.75 bits per heavy atom. The minimum absolute atomic E-state index is 0.176. The molecule has 0 aromatic heterocycles. The van der Waals surface area contributed by atoms with Crippen LogP contribution in [0, 0.1) is 0 Å². The molecule has 1 amide bonds. The van der Waals surface area contributed by atoms with Crippen molar-refractivity contribution < 1.29 is 14.6 Å². The number of nitrogens with zero attached hydrogens (tertiary/aromatic N) is 1. The first kappa shape index (κ1) is 16.9. The molecule has 5 nitrogen and oxygen atoms in total. The quantitative estimate of drug-likeness (QED) is 0.803. The molecule has 0 heterocycles. The number of carbonyl (C=O) groups is 1. The molecule has 0 spiro atoms. The average molecular weight is 301 g/mol. The number of ether oxygens (including phenoxy) is 1. The Morgan fingerprint density at radius 1 is 1.50 bits per heavy atom. The van der Waals surface area contributed by atoms with E-state index in [-0.39, 0.29) is 12.5 Å². The van der Waals surface area contributed by atoms with E-state index in [1.54, 1.807) is 43.1 Å². The summed E-state index contributed by atoms with van der Waals surface area (Å²) < 4.78 is 4.86. The number of halogens is 1. The number of rotatable bonds is 7. The van der Waals surface area contributed by atoms with E-state index in [4.69, 9.17) is 16.3 Å². The molecule has 0 aliphatic carbocycles. The summed E-state index contributed by atoms with van der Waals surface area (Å²) in [5.74, 6) is -0.176. The lowest BCUT2D eigenvalue weighted by Crippen LogP contribution is -2.44. The lowest BCUT2D eigenvalue weighted by molar-refractivity contribution is -0.120. The van der Waals surface area contributed by atoms with E-state index in [0.717, 1.165) is 0 Å². The largest absolute Gasteiger partial charge is 0.389 e. The van der Waals surface area contributed by atoms with E-state index in [1.165, 1.54) is 7.11 Å². The highest BCUT2D eigenvalue weighted by atomic mass is 35.5. The first-order chi connectivity index (χ1) is 9.45. The second-order valence-electron chi connectivity index (χ2n) is 4.69. The van der Waals surface area contributed by atoms with E-state index in [9.17, 15) is 9.90 Å². The van der Waals surface area contributed by atoms with Gasteiger partial charge in [0.25, 0.3) is 0 Å². The molecule has 0 aliphatic rings. The summed E-state index contributed by atoms with van der Waals surface area (Å²) in [5.41, 5.74) is 0.580. The third kappa shape index (κ3) is 5.09. The van der Waals surface area contributed by atoms with Gasteiger partial charge in [0.2, 0.25) is 5.91 Å². The fraction of sp³-hybridized carbons (Fsp3) is 0.500. The maximum Gasteiger partial charge on any atom is 0.241 e. The standard InChI is InChI=1S/C14H21ClN2O3/c1-10(17(2)8-11(18)9-20-3)14(19)16-13-7-5-4-6-12(13)15/h4-7,10-11,18H,8-9H2,1-3H3,(H,16,19)/t10-,11+/m0/s1. The first-order valence-electron chi connectivity index (χ1n) is 6.38. The zero-order valence-electron chi connectivity index (χ0n) is 12.0. The van der Waals surface area contributed by atoms with Gasteiger partial charge in [-0.2, -0.15) is 0 Å². The van der Waals surface area contributed by atoms with Crippen molar-refractivity contribution in [2.75, 3.05) is 32.6 Å². The Morgan fingerprint density at radius 2 is 2.15 bits per heavy atom. The lowest BCUT2D eigenvalue weighted by atomic mass is 10.2. The second kappa shape index (κ2) is 8.21. The molecule has 2 atom stereocenters. The summed E-state index contributed by atoms with van der Waals surface area (Å²) in [6, 6.07) is 6.67. The summed E-state index contributed by atoms with van der Waals surface area (Å²) in [5, 5.41) is 12.9. The van der Waals surface area contributed by atoms with Gasteiger partial charge in [-0.1, -0.05) is 23.7 Å². The SMILES string of the molecule is COC[C@H](O)CN(C)[C@@H](C)C(=O)Nc1ccccc1Cl. The third-order valence-electron chi connectivity index (χ3n) is 3.03. The maximum atomic E-state index is 12.1. The Hall–Kier alpha value is -1.14. The zero-order valence-corrected chi connectivity index (χ0v) is 12.7. The van der Waals surface area contributed by atoms with Crippen LogP contribution >= 0.6 is 11.6 Å². The zero-order chi connectivity index (χ0) is 15.1. The molecule has 0 radical (unpaired) electrons. The molecule has 112 valence electrons. The molecular formula is C14H21ClN2O3.